The number of benzene rings is 2. The van der Waals surface area contributed by atoms with Crippen LogP contribution in [0, 0.1) is 19.7 Å². The first-order valence-corrected chi connectivity index (χ1v) is 9.95. The van der Waals surface area contributed by atoms with Gasteiger partial charge in [0, 0.05) is 36.5 Å². The lowest BCUT2D eigenvalue weighted by Gasteiger charge is -2.35. The van der Waals surface area contributed by atoms with Crippen molar-refractivity contribution in [2.24, 2.45) is 0 Å². The van der Waals surface area contributed by atoms with Crippen LogP contribution in [-0.2, 0) is 11.3 Å². The van der Waals surface area contributed by atoms with Crippen molar-refractivity contribution in [2.75, 3.05) is 20.2 Å². The van der Waals surface area contributed by atoms with Crippen molar-refractivity contribution < 1.29 is 13.9 Å². The van der Waals surface area contributed by atoms with E-state index in [4.69, 9.17) is 9.84 Å². The first-order chi connectivity index (χ1) is 14.5. The number of aryl methyl sites for hydroxylation is 1. The number of ether oxygens (including phenoxy) is 1. The van der Waals surface area contributed by atoms with Gasteiger partial charge in [-0.15, -0.1) is 0 Å². The van der Waals surface area contributed by atoms with Gasteiger partial charge in [0.1, 0.15) is 17.6 Å². The van der Waals surface area contributed by atoms with Gasteiger partial charge in [-0.3, -0.25) is 9.69 Å². The fourth-order valence-electron chi connectivity index (χ4n) is 4.16. The second kappa shape index (κ2) is 8.28. The zero-order chi connectivity index (χ0) is 21.3. The molecule has 7 heteroatoms. The molecule has 1 unspecified atom stereocenters. The van der Waals surface area contributed by atoms with E-state index in [1.807, 2.05) is 48.9 Å². The fourth-order valence-corrected chi connectivity index (χ4v) is 4.16. The van der Waals surface area contributed by atoms with E-state index in [-0.39, 0.29) is 11.7 Å². The van der Waals surface area contributed by atoms with Crippen LogP contribution >= 0.6 is 0 Å². The van der Waals surface area contributed by atoms with E-state index in [1.165, 1.54) is 12.1 Å². The highest BCUT2D eigenvalue weighted by atomic mass is 19.1. The van der Waals surface area contributed by atoms with Gasteiger partial charge in [0.15, 0.2) is 0 Å². The van der Waals surface area contributed by atoms with Crippen LogP contribution in [0.2, 0.25) is 0 Å². The third-order valence-corrected chi connectivity index (χ3v) is 5.55. The maximum absolute atomic E-state index is 13.9. The summed E-state index contributed by atoms with van der Waals surface area (Å²) < 4.78 is 21.2. The summed E-state index contributed by atoms with van der Waals surface area (Å²) in [5, 5.41) is 7.67. The molecule has 30 heavy (non-hydrogen) atoms. The number of carbonyl (C=O) groups excluding carboxylic acids is 1. The van der Waals surface area contributed by atoms with Gasteiger partial charge in [-0.1, -0.05) is 18.2 Å². The van der Waals surface area contributed by atoms with Crippen LogP contribution < -0.4 is 10.1 Å². The minimum Gasteiger partial charge on any atom is -0.496 e. The molecule has 2 aromatic carbocycles. The van der Waals surface area contributed by atoms with E-state index in [9.17, 15) is 9.18 Å². The van der Waals surface area contributed by atoms with Crippen LogP contribution in [-0.4, -0.2) is 40.8 Å². The topological polar surface area (TPSA) is 59.4 Å². The van der Waals surface area contributed by atoms with Gasteiger partial charge in [0.25, 0.3) is 0 Å². The Labute approximate surface area is 175 Å². The number of piperazine rings is 1. The van der Waals surface area contributed by atoms with Crippen molar-refractivity contribution in [1.82, 2.24) is 20.0 Å². The third kappa shape index (κ3) is 3.68. The minimum atomic E-state index is -0.510. The Morgan fingerprint density at radius 1 is 1.20 bits per heavy atom. The highest BCUT2D eigenvalue weighted by Crippen LogP contribution is 2.32. The van der Waals surface area contributed by atoms with Crippen molar-refractivity contribution in [3.05, 3.63) is 76.9 Å². The summed E-state index contributed by atoms with van der Waals surface area (Å²) in [4.78, 5) is 15.0. The van der Waals surface area contributed by atoms with E-state index < -0.39 is 6.04 Å². The van der Waals surface area contributed by atoms with Crippen LogP contribution in [0.25, 0.3) is 5.69 Å². The van der Waals surface area contributed by atoms with Gasteiger partial charge < -0.3 is 10.1 Å². The van der Waals surface area contributed by atoms with Crippen LogP contribution in [0.5, 0.6) is 5.75 Å². The second-order valence-corrected chi connectivity index (χ2v) is 7.45. The molecule has 0 radical (unpaired) electrons. The first-order valence-electron chi connectivity index (χ1n) is 9.95. The van der Waals surface area contributed by atoms with Gasteiger partial charge >= 0.3 is 0 Å². The average molecular weight is 408 g/mol. The molecule has 1 amide bonds. The average Bonchev–Trinajstić information content (AvgIpc) is 3.03. The fraction of sp³-hybridized carbons (Fsp3) is 0.304. The predicted molar refractivity (Wildman–Crippen MR) is 112 cm³/mol. The molecule has 4 rings (SSSR count). The molecule has 0 saturated carbocycles. The predicted octanol–water partition coefficient (Wildman–Crippen LogP) is 3.31. The summed E-state index contributed by atoms with van der Waals surface area (Å²) in [7, 11) is 1.56. The summed E-state index contributed by atoms with van der Waals surface area (Å²) in [5.74, 6) is 0.207. The third-order valence-electron chi connectivity index (χ3n) is 5.55. The Balaban J connectivity index is 1.74. The molecule has 0 aliphatic carbocycles. The monoisotopic (exact) mass is 408 g/mol. The number of nitrogens with one attached hydrogen (secondary N) is 1. The molecule has 3 aromatic rings. The summed E-state index contributed by atoms with van der Waals surface area (Å²) in [5.41, 5.74) is 4.25. The standard InChI is InChI=1S/C23H25FN4O2/c1-15-21(16(2)28(26-15)19-7-5-4-6-8-19)22-23(29)25-11-12-27(22)14-17-13-18(24)9-10-20(17)30-3/h4-10,13,22H,11-12,14H2,1-3H3,(H,25,29). The molecule has 1 aliphatic rings. The summed E-state index contributed by atoms with van der Waals surface area (Å²) in [6.45, 7) is 5.48. The van der Waals surface area contributed by atoms with E-state index in [0.29, 0.717) is 30.9 Å². The molecule has 1 N–H and O–H groups in total. The number of halogens is 1. The van der Waals surface area contributed by atoms with Crippen LogP contribution in [0.1, 0.15) is 28.6 Å². The van der Waals surface area contributed by atoms with Crippen LogP contribution in [0.15, 0.2) is 48.5 Å². The number of hydrogen-bond donors (Lipinski definition) is 1. The highest BCUT2D eigenvalue weighted by Gasteiger charge is 2.35. The van der Waals surface area contributed by atoms with Crippen molar-refractivity contribution >= 4 is 5.91 Å². The molecule has 1 aliphatic heterocycles. The Morgan fingerprint density at radius 2 is 1.97 bits per heavy atom. The smallest absolute Gasteiger partial charge is 0.242 e. The van der Waals surface area contributed by atoms with E-state index >= 15 is 0 Å². The quantitative estimate of drug-likeness (QED) is 0.704. The molecule has 0 spiro atoms. The van der Waals surface area contributed by atoms with E-state index in [2.05, 4.69) is 10.2 Å². The lowest BCUT2D eigenvalue weighted by atomic mass is 9.99. The molecule has 1 aromatic heterocycles. The molecule has 156 valence electrons. The largest absolute Gasteiger partial charge is 0.496 e. The van der Waals surface area contributed by atoms with Gasteiger partial charge in [-0.2, -0.15) is 5.10 Å². The summed E-state index contributed by atoms with van der Waals surface area (Å²) >= 11 is 0. The Hall–Kier alpha value is -3.19. The molecule has 6 nitrogen and oxygen atoms in total. The van der Waals surface area contributed by atoms with Gasteiger partial charge in [-0.25, -0.2) is 9.07 Å². The van der Waals surface area contributed by atoms with E-state index in [0.717, 1.165) is 22.6 Å². The van der Waals surface area contributed by atoms with Gasteiger partial charge in [0.2, 0.25) is 5.91 Å². The number of rotatable bonds is 5. The molecule has 1 fully saturated rings. The second-order valence-electron chi connectivity index (χ2n) is 7.45. The minimum absolute atomic E-state index is 0.0737. The number of carbonyl (C=O) groups is 1. The van der Waals surface area contributed by atoms with E-state index in [1.54, 1.807) is 13.2 Å². The maximum Gasteiger partial charge on any atom is 0.242 e. The SMILES string of the molecule is COc1ccc(F)cc1CN1CCNC(=O)C1c1c(C)nn(-c2ccccc2)c1C. The molecular weight excluding hydrogens is 383 g/mol. The molecule has 1 saturated heterocycles. The molecular formula is C23H25FN4O2. The first kappa shape index (κ1) is 20.1. The zero-order valence-electron chi connectivity index (χ0n) is 17.4. The number of amides is 1. The van der Waals surface area contributed by atoms with Crippen molar-refractivity contribution in [2.45, 2.75) is 26.4 Å². The lowest BCUT2D eigenvalue weighted by Crippen LogP contribution is -2.49. The molecule has 2 heterocycles. The van der Waals surface area contributed by atoms with Crippen molar-refractivity contribution in [3.8, 4) is 11.4 Å². The Bertz CT molecular complexity index is 1060. The number of hydrogen-bond acceptors (Lipinski definition) is 4. The van der Waals surface area contributed by atoms with Crippen molar-refractivity contribution in [3.63, 3.8) is 0 Å². The molecule has 1 atom stereocenters. The maximum atomic E-state index is 13.9. The lowest BCUT2D eigenvalue weighted by molar-refractivity contribution is -0.129. The highest BCUT2D eigenvalue weighted by molar-refractivity contribution is 5.84. The number of para-hydroxylation sites is 1. The number of nitrogens with zero attached hydrogens (tertiary/aromatic N) is 3. The van der Waals surface area contributed by atoms with Crippen molar-refractivity contribution in [1.29, 1.82) is 0 Å². The molecule has 0 bridgehead atoms. The summed E-state index contributed by atoms with van der Waals surface area (Å²) in [6.07, 6.45) is 0. The van der Waals surface area contributed by atoms with Gasteiger partial charge in [0.05, 0.1) is 18.5 Å². The van der Waals surface area contributed by atoms with Gasteiger partial charge in [-0.05, 0) is 44.2 Å². The Morgan fingerprint density at radius 3 is 2.70 bits per heavy atom. The zero-order valence-corrected chi connectivity index (χ0v) is 17.4. The Kier molecular flexibility index (Phi) is 5.55. The number of methoxy groups -OCH3 is 1. The normalized spacial score (nSPS) is 17.1. The number of aromatic nitrogens is 2. The van der Waals surface area contributed by atoms with Crippen LogP contribution in [0.4, 0.5) is 4.39 Å². The van der Waals surface area contributed by atoms with Crippen LogP contribution in [0.3, 0.4) is 0 Å². The summed E-state index contributed by atoms with van der Waals surface area (Å²) in [6, 6.07) is 13.8.